The Kier molecular flexibility index (Phi) is 3.03. The smallest absolute Gasteiger partial charge is 0.293 e. The van der Waals surface area contributed by atoms with Gasteiger partial charge in [0.15, 0.2) is 0 Å². The SMILES string of the molecule is N#Cc1ccc(Cl)cc1NC(=O)c1ncn[nH]1. The van der Waals surface area contributed by atoms with E-state index >= 15 is 0 Å². The van der Waals surface area contributed by atoms with Crippen molar-refractivity contribution in [1.82, 2.24) is 15.2 Å². The lowest BCUT2D eigenvalue weighted by molar-refractivity contribution is 0.101. The maximum atomic E-state index is 11.7. The molecule has 0 saturated carbocycles. The zero-order valence-corrected chi connectivity index (χ0v) is 9.19. The van der Waals surface area contributed by atoms with Gasteiger partial charge in [-0.15, -0.1) is 0 Å². The molecule has 0 spiro atoms. The molecule has 0 aliphatic rings. The van der Waals surface area contributed by atoms with Crippen molar-refractivity contribution in [3.63, 3.8) is 0 Å². The average Bonchev–Trinajstić information content (AvgIpc) is 2.83. The van der Waals surface area contributed by atoms with Crippen LogP contribution in [0.3, 0.4) is 0 Å². The number of nitrogens with one attached hydrogen (secondary N) is 2. The number of carbonyl (C=O) groups excluding carboxylic acids is 1. The average molecular weight is 248 g/mol. The Morgan fingerprint density at radius 1 is 1.53 bits per heavy atom. The lowest BCUT2D eigenvalue weighted by Crippen LogP contribution is -2.14. The number of nitriles is 1. The monoisotopic (exact) mass is 247 g/mol. The molecule has 0 aliphatic heterocycles. The number of hydrogen-bond donors (Lipinski definition) is 2. The number of nitrogens with zero attached hydrogens (tertiary/aromatic N) is 3. The summed E-state index contributed by atoms with van der Waals surface area (Å²) in [5, 5.41) is 17.8. The second-order valence-electron chi connectivity index (χ2n) is 3.09. The zero-order chi connectivity index (χ0) is 12.3. The predicted octanol–water partition coefficient (Wildman–Crippen LogP) is 1.58. The minimum absolute atomic E-state index is 0.0638. The van der Waals surface area contributed by atoms with Gasteiger partial charge in [-0.2, -0.15) is 10.4 Å². The van der Waals surface area contributed by atoms with Crippen molar-refractivity contribution < 1.29 is 4.79 Å². The molecule has 2 rings (SSSR count). The molecular weight excluding hydrogens is 242 g/mol. The second-order valence-corrected chi connectivity index (χ2v) is 3.53. The van der Waals surface area contributed by atoms with Gasteiger partial charge in [0.25, 0.3) is 5.91 Å². The molecule has 7 heteroatoms. The van der Waals surface area contributed by atoms with Crippen molar-refractivity contribution in [2.45, 2.75) is 0 Å². The van der Waals surface area contributed by atoms with Crippen LogP contribution in [0.25, 0.3) is 0 Å². The van der Waals surface area contributed by atoms with E-state index in [4.69, 9.17) is 16.9 Å². The van der Waals surface area contributed by atoms with Crippen LogP contribution in [-0.4, -0.2) is 21.1 Å². The Balaban J connectivity index is 2.27. The van der Waals surface area contributed by atoms with Gasteiger partial charge in [0.05, 0.1) is 11.3 Å². The summed E-state index contributed by atoms with van der Waals surface area (Å²) >= 11 is 5.79. The van der Waals surface area contributed by atoms with Crippen molar-refractivity contribution in [2.24, 2.45) is 0 Å². The molecule has 0 unspecified atom stereocenters. The van der Waals surface area contributed by atoms with Gasteiger partial charge in [0.1, 0.15) is 12.4 Å². The fraction of sp³-hybridized carbons (Fsp3) is 0. The van der Waals surface area contributed by atoms with Gasteiger partial charge in [-0.3, -0.25) is 9.89 Å². The summed E-state index contributed by atoms with van der Waals surface area (Å²) in [5.41, 5.74) is 0.656. The molecule has 0 atom stereocenters. The summed E-state index contributed by atoms with van der Waals surface area (Å²) in [6, 6.07) is 6.55. The van der Waals surface area contributed by atoms with E-state index in [0.717, 1.165) is 0 Å². The quantitative estimate of drug-likeness (QED) is 0.842. The summed E-state index contributed by atoms with van der Waals surface area (Å²) in [7, 11) is 0. The molecule has 1 amide bonds. The third-order valence-corrected chi connectivity index (χ3v) is 2.22. The van der Waals surface area contributed by atoms with Crippen LogP contribution in [0.2, 0.25) is 5.02 Å². The summed E-state index contributed by atoms with van der Waals surface area (Å²) < 4.78 is 0. The van der Waals surface area contributed by atoms with Gasteiger partial charge in [-0.1, -0.05) is 11.6 Å². The molecular formula is C10H6ClN5O. The lowest BCUT2D eigenvalue weighted by atomic mass is 10.2. The third-order valence-electron chi connectivity index (χ3n) is 1.98. The van der Waals surface area contributed by atoms with E-state index in [1.807, 2.05) is 6.07 Å². The maximum absolute atomic E-state index is 11.7. The van der Waals surface area contributed by atoms with Gasteiger partial charge >= 0.3 is 0 Å². The first-order valence-electron chi connectivity index (χ1n) is 4.57. The Morgan fingerprint density at radius 2 is 2.35 bits per heavy atom. The summed E-state index contributed by atoms with van der Waals surface area (Å²) in [6.45, 7) is 0. The van der Waals surface area contributed by atoms with Gasteiger partial charge < -0.3 is 5.32 Å². The zero-order valence-electron chi connectivity index (χ0n) is 8.44. The topological polar surface area (TPSA) is 94.5 Å². The van der Waals surface area contributed by atoms with Crippen LogP contribution in [0, 0.1) is 11.3 Å². The first-order chi connectivity index (χ1) is 8.20. The number of H-pyrrole nitrogens is 1. The minimum Gasteiger partial charge on any atom is -0.318 e. The molecule has 0 bridgehead atoms. The van der Waals surface area contributed by atoms with Crippen molar-refractivity contribution >= 4 is 23.2 Å². The van der Waals surface area contributed by atoms with Gasteiger partial charge in [0, 0.05) is 5.02 Å². The highest BCUT2D eigenvalue weighted by molar-refractivity contribution is 6.31. The van der Waals surface area contributed by atoms with E-state index in [1.165, 1.54) is 18.5 Å². The number of carbonyl (C=O) groups is 1. The number of anilines is 1. The summed E-state index contributed by atoms with van der Waals surface area (Å²) in [4.78, 5) is 15.4. The molecule has 0 fully saturated rings. The molecule has 2 aromatic rings. The van der Waals surface area contributed by atoms with Crippen LogP contribution in [-0.2, 0) is 0 Å². The molecule has 84 valence electrons. The maximum Gasteiger partial charge on any atom is 0.293 e. The number of rotatable bonds is 2. The Bertz CT molecular complexity index is 587. The normalized spacial score (nSPS) is 9.65. The van der Waals surface area contributed by atoms with E-state index in [-0.39, 0.29) is 5.82 Å². The highest BCUT2D eigenvalue weighted by Gasteiger charge is 2.11. The molecule has 17 heavy (non-hydrogen) atoms. The Labute approximate surface area is 101 Å². The van der Waals surface area contributed by atoms with Gasteiger partial charge in [-0.25, -0.2) is 4.98 Å². The first kappa shape index (κ1) is 11.1. The number of halogens is 1. The number of aromatic amines is 1. The van der Waals surface area contributed by atoms with Crippen molar-refractivity contribution in [1.29, 1.82) is 5.26 Å². The standard InChI is InChI=1S/C10H6ClN5O/c11-7-2-1-6(4-12)8(3-7)15-10(17)9-13-5-14-16-9/h1-3,5H,(H,15,17)(H,13,14,16). The molecule has 1 aromatic carbocycles. The fourth-order valence-electron chi connectivity index (χ4n) is 1.21. The Hall–Kier alpha value is -2.39. The largest absolute Gasteiger partial charge is 0.318 e. The molecule has 0 radical (unpaired) electrons. The van der Waals surface area contributed by atoms with E-state index in [2.05, 4.69) is 20.5 Å². The van der Waals surface area contributed by atoms with Crippen LogP contribution in [0.15, 0.2) is 24.5 Å². The predicted molar refractivity (Wildman–Crippen MR) is 60.5 cm³/mol. The van der Waals surface area contributed by atoms with Crippen LogP contribution in [0.4, 0.5) is 5.69 Å². The number of aromatic nitrogens is 3. The van der Waals surface area contributed by atoms with Gasteiger partial charge in [-0.05, 0) is 18.2 Å². The van der Waals surface area contributed by atoms with Crippen LogP contribution < -0.4 is 5.32 Å². The number of amides is 1. The molecule has 0 aliphatic carbocycles. The first-order valence-corrected chi connectivity index (χ1v) is 4.95. The van der Waals surface area contributed by atoms with Crippen molar-refractivity contribution in [3.8, 4) is 6.07 Å². The van der Waals surface area contributed by atoms with Crippen LogP contribution in [0.1, 0.15) is 16.2 Å². The van der Waals surface area contributed by atoms with E-state index in [1.54, 1.807) is 6.07 Å². The third kappa shape index (κ3) is 2.41. The molecule has 0 saturated heterocycles. The second kappa shape index (κ2) is 4.63. The van der Waals surface area contributed by atoms with Gasteiger partial charge in [0.2, 0.25) is 5.82 Å². The van der Waals surface area contributed by atoms with E-state index in [0.29, 0.717) is 16.3 Å². The van der Waals surface area contributed by atoms with E-state index < -0.39 is 5.91 Å². The molecule has 2 N–H and O–H groups in total. The molecule has 1 aromatic heterocycles. The van der Waals surface area contributed by atoms with Crippen LogP contribution in [0.5, 0.6) is 0 Å². The summed E-state index contributed by atoms with van der Waals surface area (Å²) in [5.74, 6) is -0.421. The highest BCUT2D eigenvalue weighted by Crippen LogP contribution is 2.20. The number of hydrogen-bond acceptors (Lipinski definition) is 4. The Morgan fingerprint density at radius 3 is 3.00 bits per heavy atom. The van der Waals surface area contributed by atoms with Crippen LogP contribution >= 0.6 is 11.6 Å². The fourth-order valence-corrected chi connectivity index (χ4v) is 1.39. The molecule has 1 heterocycles. The summed E-state index contributed by atoms with van der Waals surface area (Å²) in [6.07, 6.45) is 1.22. The minimum atomic E-state index is -0.485. The van der Waals surface area contributed by atoms with E-state index in [9.17, 15) is 4.79 Å². The lowest BCUT2D eigenvalue weighted by Gasteiger charge is -2.05. The molecule has 6 nitrogen and oxygen atoms in total. The van der Waals surface area contributed by atoms with Crippen molar-refractivity contribution in [3.05, 3.63) is 40.9 Å². The van der Waals surface area contributed by atoms with Crippen molar-refractivity contribution in [2.75, 3.05) is 5.32 Å². The number of benzene rings is 1. The highest BCUT2D eigenvalue weighted by atomic mass is 35.5.